The molecule has 0 rings (SSSR count). The lowest BCUT2D eigenvalue weighted by Gasteiger charge is -2.25. The number of rotatable bonds is 5. The zero-order chi connectivity index (χ0) is 13.4. The largest absolute Gasteiger partial charge is 0.481 e. The van der Waals surface area contributed by atoms with Crippen LogP contribution in [0.15, 0.2) is 12.7 Å². The van der Waals surface area contributed by atoms with Crippen molar-refractivity contribution in [1.82, 2.24) is 0 Å². The quantitative estimate of drug-likeness (QED) is 0.452. The Morgan fingerprint density at radius 2 is 1.69 bits per heavy atom. The second kappa shape index (κ2) is 7.84. The molecule has 3 N–H and O–H groups in total. The van der Waals surface area contributed by atoms with E-state index in [0.717, 1.165) is 6.08 Å². The van der Waals surface area contributed by atoms with E-state index in [0.29, 0.717) is 11.0 Å². The summed E-state index contributed by atoms with van der Waals surface area (Å²) in [5, 5.41) is 25.1. The summed E-state index contributed by atoms with van der Waals surface area (Å²) in [4.78, 5) is 19.4. The summed E-state index contributed by atoms with van der Waals surface area (Å²) in [6.07, 6.45) is -0.0808. The zero-order valence-electron chi connectivity index (χ0n) is 9.88. The molecule has 0 amide bonds. The average Bonchev–Trinajstić information content (AvgIpc) is 1.99. The first kappa shape index (κ1) is 17.0. The van der Waals surface area contributed by atoms with Crippen molar-refractivity contribution in [3.05, 3.63) is 12.7 Å². The Balaban J connectivity index is 0. The lowest BCUT2D eigenvalue weighted by molar-refractivity contribution is -0.873. The fourth-order valence-corrected chi connectivity index (χ4v) is 0.898. The van der Waals surface area contributed by atoms with Crippen molar-refractivity contribution < 1.29 is 29.4 Å². The van der Waals surface area contributed by atoms with Crippen molar-refractivity contribution in [1.29, 1.82) is 0 Å². The fourth-order valence-electron chi connectivity index (χ4n) is 0.898. The van der Waals surface area contributed by atoms with Gasteiger partial charge in [0.05, 0.1) is 27.6 Å². The van der Waals surface area contributed by atoms with E-state index in [-0.39, 0.29) is 6.42 Å². The van der Waals surface area contributed by atoms with Gasteiger partial charge < -0.3 is 19.8 Å². The highest BCUT2D eigenvalue weighted by Crippen LogP contribution is 1.98. The topological polar surface area (TPSA) is 94.8 Å². The van der Waals surface area contributed by atoms with Gasteiger partial charge in [0.2, 0.25) is 0 Å². The molecule has 0 aromatic carbocycles. The number of hydrogen-bond donors (Lipinski definition) is 3. The van der Waals surface area contributed by atoms with Gasteiger partial charge in [-0.3, -0.25) is 4.79 Å². The molecule has 0 fully saturated rings. The maximum atomic E-state index is 10.1. The van der Waals surface area contributed by atoms with Crippen LogP contribution in [0.25, 0.3) is 0 Å². The van der Waals surface area contributed by atoms with Gasteiger partial charge in [0, 0.05) is 6.08 Å². The number of carboxylic acid groups (broad SMARTS) is 2. The molecule has 0 bridgehead atoms. The van der Waals surface area contributed by atoms with Crippen LogP contribution in [-0.2, 0) is 9.59 Å². The van der Waals surface area contributed by atoms with E-state index in [2.05, 4.69) is 6.58 Å². The van der Waals surface area contributed by atoms with Gasteiger partial charge in [-0.05, 0) is 0 Å². The summed E-state index contributed by atoms with van der Waals surface area (Å²) in [5.41, 5.74) is 0. The fraction of sp³-hybridized carbons (Fsp3) is 0.600. The lowest BCUT2D eigenvalue weighted by atomic mass is 10.2. The first-order chi connectivity index (χ1) is 7.08. The zero-order valence-corrected chi connectivity index (χ0v) is 9.88. The monoisotopic (exact) mass is 234 g/mol. The van der Waals surface area contributed by atoms with E-state index in [4.69, 9.17) is 15.3 Å². The highest BCUT2D eigenvalue weighted by atomic mass is 16.4. The molecule has 0 aliphatic heterocycles. The minimum Gasteiger partial charge on any atom is -0.481 e. The number of carbonyl (C=O) groups is 2. The van der Waals surface area contributed by atoms with Gasteiger partial charge >= 0.3 is 11.9 Å². The summed E-state index contributed by atoms with van der Waals surface area (Å²) in [6.45, 7) is 3.43. The van der Waals surface area contributed by atoms with E-state index in [1.807, 2.05) is 21.1 Å². The highest BCUT2D eigenvalue weighted by molar-refractivity contribution is 5.78. The molecule has 0 aromatic heterocycles. The molecule has 94 valence electrons. The van der Waals surface area contributed by atoms with E-state index >= 15 is 0 Å². The standard InChI is InChI=1S/C7H15NO3.C3H4O2/c1-8(2,3)5-6(9)4-7(10)11;1-2-3(4)5/h6,9H,4-5H2,1-3H3;2H,1H2,(H,4,5)/p+1/t6-;/m0./s1. The minimum atomic E-state index is -0.981. The third-order valence-corrected chi connectivity index (χ3v) is 1.34. The predicted molar refractivity (Wildman–Crippen MR) is 59.0 cm³/mol. The van der Waals surface area contributed by atoms with Crippen LogP contribution in [0.1, 0.15) is 6.42 Å². The molecule has 0 saturated heterocycles. The maximum Gasteiger partial charge on any atom is 0.327 e. The van der Waals surface area contributed by atoms with Crippen LogP contribution in [-0.4, -0.2) is 65.5 Å². The average molecular weight is 234 g/mol. The number of hydrogen-bond acceptors (Lipinski definition) is 3. The Morgan fingerprint density at radius 3 is 1.88 bits per heavy atom. The van der Waals surface area contributed by atoms with E-state index < -0.39 is 18.0 Å². The van der Waals surface area contributed by atoms with E-state index in [1.54, 1.807) is 0 Å². The number of aliphatic carboxylic acids is 2. The number of carboxylic acids is 2. The third-order valence-electron chi connectivity index (χ3n) is 1.34. The molecule has 0 unspecified atom stereocenters. The molecule has 0 saturated carbocycles. The molecule has 0 heterocycles. The SMILES string of the molecule is C=CC(=O)O.C[N+](C)(C)C[C@@H](O)CC(=O)O. The van der Waals surface area contributed by atoms with E-state index in [1.165, 1.54) is 0 Å². The molecule has 6 heteroatoms. The summed E-state index contributed by atoms with van der Waals surface area (Å²) >= 11 is 0. The Labute approximate surface area is 95.0 Å². The molecule has 0 aliphatic carbocycles. The molecule has 0 aromatic rings. The predicted octanol–water partition coefficient (Wildman–Crippen LogP) is -0.215. The minimum absolute atomic E-state index is 0.171. The molecular weight excluding hydrogens is 214 g/mol. The van der Waals surface area contributed by atoms with Crippen LogP contribution in [0.2, 0.25) is 0 Å². The summed E-state index contributed by atoms with van der Waals surface area (Å²) in [6, 6.07) is 0. The Bertz CT molecular complexity index is 244. The van der Waals surface area contributed by atoms with Gasteiger partial charge in [0.25, 0.3) is 0 Å². The van der Waals surface area contributed by atoms with Gasteiger partial charge in [-0.2, -0.15) is 0 Å². The molecular formula is C10H20NO5+. The van der Waals surface area contributed by atoms with Crippen LogP contribution in [0.5, 0.6) is 0 Å². The Hall–Kier alpha value is -1.40. The van der Waals surface area contributed by atoms with Gasteiger partial charge in [-0.15, -0.1) is 0 Å². The summed E-state index contributed by atoms with van der Waals surface area (Å²) < 4.78 is 0.578. The Kier molecular flexibility index (Phi) is 8.33. The summed E-state index contributed by atoms with van der Waals surface area (Å²) in [5.74, 6) is -1.93. The number of aliphatic hydroxyl groups excluding tert-OH is 1. The first-order valence-electron chi connectivity index (χ1n) is 4.64. The number of aliphatic hydroxyl groups is 1. The van der Waals surface area contributed by atoms with Crippen molar-refractivity contribution in [3.8, 4) is 0 Å². The van der Waals surface area contributed by atoms with Crippen molar-refractivity contribution in [3.63, 3.8) is 0 Å². The number of likely N-dealkylation sites (N-methyl/N-ethyl adjacent to an activating group) is 1. The van der Waals surface area contributed by atoms with Crippen LogP contribution in [0.3, 0.4) is 0 Å². The van der Waals surface area contributed by atoms with Crippen LogP contribution in [0.4, 0.5) is 0 Å². The lowest BCUT2D eigenvalue weighted by Crippen LogP contribution is -2.42. The highest BCUT2D eigenvalue weighted by Gasteiger charge is 2.17. The maximum absolute atomic E-state index is 10.1. The van der Waals surface area contributed by atoms with Gasteiger partial charge in [-0.1, -0.05) is 6.58 Å². The van der Waals surface area contributed by atoms with Crippen molar-refractivity contribution in [2.45, 2.75) is 12.5 Å². The molecule has 6 nitrogen and oxygen atoms in total. The molecule has 0 spiro atoms. The van der Waals surface area contributed by atoms with Crippen molar-refractivity contribution in [2.75, 3.05) is 27.7 Å². The molecule has 16 heavy (non-hydrogen) atoms. The van der Waals surface area contributed by atoms with E-state index in [9.17, 15) is 9.59 Å². The van der Waals surface area contributed by atoms with Crippen LogP contribution >= 0.6 is 0 Å². The van der Waals surface area contributed by atoms with Gasteiger partial charge in [0.15, 0.2) is 0 Å². The number of quaternary nitrogens is 1. The van der Waals surface area contributed by atoms with Gasteiger partial charge in [0.1, 0.15) is 12.6 Å². The van der Waals surface area contributed by atoms with Crippen LogP contribution < -0.4 is 0 Å². The van der Waals surface area contributed by atoms with Crippen LogP contribution in [0, 0.1) is 0 Å². The Morgan fingerprint density at radius 1 is 1.31 bits per heavy atom. The van der Waals surface area contributed by atoms with Crippen molar-refractivity contribution >= 4 is 11.9 Å². The first-order valence-corrected chi connectivity index (χ1v) is 4.64. The smallest absolute Gasteiger partial charge is 0.327 e. The third kappa shape index (κ3) is 18.4. The summed E-state index contributed by atoms with van der Waals surface area (Å²) in [7, 11) is 5.72. The normalized spacial score (nSPS) is 12.0. The molecule has 1 atom stereocenters. The molecule has 0 radical (unpaired) electrons. The van der Waals surface area contributed by atoms with Gasteiger partial charge in [-0.25, -0.2) is 4.79 Å². The second-order valence-corrected chi connectivity index (χ2v) is 4.27. The second-order valence-electron chi connectivity index (χ2n) is 4.27. The number of nitrogens with zero attached hydrogens (tertiary/aromatic N) is 1. The molecule has 0 aliphatic rings. The van der Waals surface area contributed by atoms with Crippen molar-refractivity contribution in [2.24, 2.45) is 0 Å².